The van der Waals surface area contributed by atoms with Crippen molar-refractivity contribution in [2.45, 2.75) is 6.04 Å². The number of carbonyl (C=O) groups is 2. The number of aromatic nitrogens is 2. The van der Waals surface area contributed by atoms with Crippen LogP contribution in [0.2, 0.25) is 0 Å². The third-order valence-corrected chi connectivity index (χ3v) is 5.09. The van der Waals surface area contributed by atoms with Gasteiger partial charge in [-0.1, -0.05) is 42.5 Å². The lowest BCUT2D eigenvalue weighted by Crippen LogP contribution is -2.32. The van der Waals surface area contributed by atoms with Gasteiger partial charge in [0.05, 0.1) is 31.0 Å². The minimum atomic E-state index is -0.399. The molecule has 2 heterocycles. The molecule has 4 rings (SSSR count). The van der Waals surface area contributed by atoms with Crippen LogP contribution in [0.1, 0.15) is 38.0 Å². The van der Waals surface area contributed by atoms with Gasteiger partial charge in [0.25, 0.3) is 5.91 Å². The summed E-state index contributed by atoms with van der Waals surface area (Å²) >= 11 is 0. The quantitative estimate of drug-likeness (QED) is 0.653. The van der Waals surface area contributed by atoms with Crippen LogP contribution in [0.25, 0.3) is 11.3 Å². The number of hydrogen-bond donors (Lipinski definition) is 1. The summed E-state index contributed by atoms with van der Waals surface area (Å²) < 4.78 is 9.99. The largest absolute Gasteiger partial charge is 0.465 e. The number of benzene rings is 2. The number of H-pyrrole nitrogens is 1. The van der Waals surface area contributed by atoms with E-state index in [1.54, 1.807) is 24.1 Å². The molecule has 0 saturated carbocycles. The Morgan fingerprint density at radius 2 is 1.83 bits per heavy atom. The smallest absolute Gasteiger partial charge is 0.337 e. The van der Waals surface area contributed by atoms with Gasteiger partial charge in [-0.25, -0.2) is 4.79 Å². The highest BCUT2D eigenvalue weighted by Gasteiger charge is 2.41. The molecular formula is C22H21N3O4. The number of methoxy groups -OCH3 is 2. The van der Waals surface area contributed by atoms with Gasteiger partial charge in [-0.2, -0.15) is 5.10 Å². The Bertz CT molecular complexity index is 1030. The van der Waals surface area contributed by atoms with Gasteiger partial charge in [-0.05, 0) is 17.7 Å². The first-order chi connectivity index (χ1) is 14.2. The van der Waals surface area contributed by atoms with Crippen molar-refractivity contribution in [1.29, 1.82) is 0 Å². The lowest BCUT2D eigenvalue weighted by atomic mass is 9.95. The normalized spacial score (nSPS) is 15.4. The summed E-state index contributed by atoms with van der Waals surface area (Å²) in [7, 11) is 2.96. The maximum absolute atomic E-state index is 13.1. The van der Waals surface area contributed by atoms with Crippen LogP contribution in [0.3, 0.4) is 0 Å². The second kappa shape index (κ2) is 7.89. The number of ether oxygens (including phenoxy) is 2. The highest BCUT2D eigenvalue weighted by molar-refractivity contribution is 6.00. The van der Waals surface area contributed by atoms with Gasteiger partial charge in [0, 0.05) is 24.8 Å². The molecule has 1 amide bonds. The summed E-state index contributed by atoms with van der Waals surface area (Å²) in [6, 6.07) is 16.5. The van der Waals surface area contributed by atoms with Crippen LogP contribution in [-0.4, -0.2) is 54.3 Å². The van der Waals surface area contributed by atoms with Crippen LogP contribution in [0.15, 0.2) is 54.6 Å². The van der Waals surface area contributed by atoms with Crippen LogP contribution in [-0.2, 0) is 9.47 Å². The lowest BCUT2D eigenvalue weighted by Gasteiger charge is -2.26. The molecule has 1 atom stereocenters. The fourth-order valence-electron chi connectivity index (χ4n) is 3.70. The van der Waals surface area contributed by atoms with Gasteiger partial charge in [-0.3, -0.25) is 9.89 Å². The maximum Gasteiger partial charge on any atom is 0.337 e. The summed E-state index contributed by atoms with van der Waals surface area (Å²) in [5.74, 6) is -0.516. The fourth-order valence-corrected chi connectivity index (χ4v) is 3.70. The summed E-state index contributed by atoms with van der Waals surface area (Å²) in [4.78, 5) is 26.6. The van der Waals surface area contributed by atoms with Crippen molar-refractivity contribution in [3.8, 4) is 11.3 Å². The number of nitrogens with zero attached hydrogens (tertiary/aromatic N) is 2. The van der Waals surface area contributed by atoms with Crippen LogP contribution >= 0.6 is 0 Å². The summed E-state index contributed by atoms with van der Waals surface area (Å²) in [6.07, 6.45) is 0. The Morgan fingerprint density at radius 3 is 2.48 bits per heavy atom. The molecule has 0 radical (unpaired) electrons. The highest BCUT2D eigenvalue weighted by atomic mass is 16.5. The van der Waals surface area contributed by atoms with Crippen LogP contribution in [0.5, 0.6) is 0 Å². The van der Waals surface area contributed by atoms with Crippen molar-refractivity contribution in [3.05, 3.63) is 77.0 Å². The number of rotatable bonds is 6. The monoisotopic (exact) mass is 391 g/mol. The van der Waals surface area contributed by atoms with E-state index in [0.717, 1.165) is 22.4 Å². The van der Waals surface area contributed by atoms with Crippen molar-refractivity contribution < 1.29 is 19.1 Å². The number of nitrogens with one attached hydrogen (secondary N) is 1. The molecule has 7 nitrogen and oxygen atoms in total. The molecule has 1 aliphatic heterocycles. The van der Waals surface area contributed by atoms with E-state index in [0.29, 0.717) is 24.4 Å². The topological polar surface area (TPSA) is 84.5 Å². The minimum Gasteiger partial charge on any atom is -0.465 e. The zero-order valence-corrected chi connectivity index (χ0v) is 16.2. The SMILES string of the molecule is COCCN1C(=O)c2[nH]nc(-c3ccccc3)c2C1c1ccc(C(=O)OC)cc1. The zero-order valence-electron chi connectivity index (χ0n) is 16.2. The summed E-state index contributed by atoms with van der Waals surface area (Å²) in [5.41, 5.74) is 4.35. The van der Waals surface area contributed by atoms with E-state index in [1.807, 2.05) is 42.5 Å². The Hall–Kier alpha value is -3.45. The van der Waals surface area contributed by atoms with E-state index in [1.165, 1.54) is 7.11 Å². The van der Waals surface area contributed by atoms with E-state index in [9.17, 15) is 9.59 Å². The standard InChI is InChI=1S/C22H21N3O4/c1-28-13-12-25-20(15-8-10-16(11-9-15)22(27)29-2)17-18(14-6-4-3-5-7-14)23-24-19(17)21(25)26/h3-11,20H,12-13H2,1-2H3,(H,23,24). The van der Waals surface area contributed by atoms with Gasteiger partial charge in [0.2, 0.25) is 0 Å². The summed E-state index contributed by atoms with van der Waals surface area (Å²) in [5, 5.41) is 7.35. The van der Waals surface area contributed by atoms with Crippen LogP contribution in [0, 0.1) is 0 Å². The molecule has 0 saturated heterocycles. The molecule has 1 unspecified atom stereocenters. The highest BCUT2D eigenvalue weighted by Crippen LogP contribution is 2.42. The van der Waals surface area contributed by atoms with Gasteiger partial charge in [0.15, 0.2) is 0 Å². The van der Waals surface area contributed by atoms with E-state index in [2.05, 4.69) is 10.2 Å². The number of hydrogen-bond acceptors (Lipinski definition) is 5. The van der Waals surface area contributed by atoms with E-state index < -0.39 is 5.97 Å². The molecule has 0 spiro atoms. The van der Waals surface area contributed by atoms with Crippen molar-refractivity contribution >= 4 is 11.9 Å². The number of fused-ring (bicyclic) bond motifs is 1. The predicted molar refractivity (Wildman–Crippen MR) is 107 cm³/mol. The molecular weight excluding hydrogens is 370 g/mol. The van der Waals surface area contributed by atoms with Gasteiger partial charge in [0.1, 0.15) is 5.69 Å². The first-order valence-electron chi connectivity index (χ1n) is 9.27. The first kappa shape index (κ1) is 18.9. The Labute approximate surface area is 168 Å². The van der Waals surface area contributed by atoms with Crippen molar-refractivity contribution in [1.82, 2.24) is 15.1 Å². The number of amides is 1. The lowest BCUT2D eigenvalue weighted by molar-refractivity contribution is 0.0599. The predicted octanol–water partition coefficient (Wildman–Crippen LogP) is 3.05. The Balaban J connectivity index is 1.81. The number of carbonyl (C=O) groups excluding carboxylic acids is 2. The molecule has 0 aliphatic carbocycles. The summed E-state index contributed by atoms with van der Waals surface area (Å²) in [6.45, 7) is 0.858. The van der Waals surface area contributed by atoms with Crippen LogP contribution < -0.4 is 0 Å². The van der Waals surface area contributed by atoms with Crippen LogP contribution in [0.4, 0.5) is 0 Å². The molecule has 1 aliphatic rings. The van der Waals surface area contributed by atoms with E-state index in [4.69, 9.17) is 9.47 Å². The second-order valence-electron chi connectivity index (χ2n) is 6.73. The third-order valence-electron chi connectivity index (χ3n) is 5.09. The average molecular weight is 391 g/mol. The third kappa shape index (κ3) is 3.30. The molecule has 29 heavy (non-hydrogen) atoms. The molecule has 0 bridgehead atoms. The molecule has 2 aromatic carbocycles. The first-order valence-corrected chi connectivity index (χ1v) is 9.27. The maximum atomic E-state index is 13.1. The Morgan fingerprint density at radius 1 is 1.10 bits per heavy atom. The molecule has 3 aromatic rings. The van der Waals surface area contributed by atoms with Gasteiger partial charge >= 0.3 is 5.97 Å². The second-order valence-corrected chi connectivity index (χ2v) is 6.73. The number of aromatic amines is 1. The molecule has 7 heteroatoms. The van der Waals surface area contributed by atoms with Gasteiger partial charge < -0.3 is 14.4 Å². The van der Waals surface area contributed by atoms with E-state index in [-0.39, 0.29) is 11.9 Å². The number of esters is 1. The Kier molecular flexibility index (Phi) is 5.14. The molecule has 1 N–H and O–H groups in total. The van der Waals surface area contributed by atoms with Crippen molar-refractivity contribution in [3.63, 3.8) is 0 Å². The molecule has 1 aromatic heterocycles. The van der Waals surface area contributed by atoms with E-state index >= 15 is 0 Å². The minimum absolute atomic E-state index is 0.117. The van der Waals surface area contributed by atoms with Gasteiger partial charge in [-0.15, -0.1) is 0 Å². The molecule has 0 fully saturated rings. The van der Waals surface area contributed by atoms with Crippen molar-refractivity contribution in [2.24, 2.45) is 0 Å². The van der Waals surface area contributed by atoms with Crippen molar-refractivity contribution in [2.75, 3.05) is 27.4 Å². The fraction of sp³-hybridized carbons (Fsp3) is 0.227. The zero-order chi connectivity index (χ0) is 20.4. The molecule has 148 valence electrons. The average Bonchev–Trinajstić information content (AvgIpc) is 3.31.